The van der Waals surface area contributed by atoms with Crippen molar-refractivity contribution in [1.29, 1.82) is 0 Å². The Bertz CT molecular complexity index is 1950. The molecule has 26 nitrogen and oxygen atoms in total. The molecule has 0 radical (unpaired) electrons. The summed E-state index contributed by atoms with van der Waals surface area (Å²) in [5.74, 6) is -9.04. The number of hydrogen-bond donors (Lipinski definition) is 16. The number of carbonyl (C=O) groups excluding carboxylic acids is 10. The van der Waals surface area contributed by atoms with Crippen molar-refractivity contribution in [3.63, 3.8) is 0 Å². The SMILES string of the molecule is CC(C)C[C@@H]1NC(=O)[C@@H](CC(C)C)NC(=O)[C@H](CCN)NC(=O)[C@@H](NC(=O)[C@H](CCN)NC(=O)[C@@H](NC(=O)C2CCCCCCCCCCC2)[C@@H](C)O)CCNC(=O)[C@H]([C@@H](C)O)NC(=O)[C@H](CCN)NC(=O)[C@H](CCN)NC1=O. The van der Waals surface area contributed by atoms with Gasteiger partial charge in [-0.05, 0) is 110 Å². The quantitative estimate of drug-likeness (QED) is 0.0579. The minimum Gasteiger partial charge on any atom is -0.391 e. The monoisotopic (exact) mass is 1120 g/mol. The van der Waals surface area contributed by atoms with Gasteiger partial charge in [-0.2, -0.15) is 0 Å². The van der Waals surface area contributed by atoms with E-state index in [2.05, 4.69) is 53.2 Å². The summed E-state index contributed by atoms with van der Waals surface area (Å²) in [7, 11) is 0. The minimum atomic E-state index is -1.65. The van der Waals surface area contributed by atoms with Crippen LogP contribution in [0.25, 0.3) is 0 Å². The average molecular weight is 1120 g/mol. The Morgan fingerprint density at radius 3 is 1.32 bits per heavy atom. The molecule has 1 aliphatic heterocycles. The molecule has 1 heterocycles. The lowest BCUT2D eigenvalue weighted by molar-refractivity contribution is -0.137. The maximum absolute atomic E-state index is 14.4. The van der Waals surface area contributed by atoms with Gasteiger partial charge in [-0.1, -0.05) is 85.5 Å². The Hall–Kier alpha value is -5.54. The molecule has 452 valence electrons. The van der Waals surface area contributed by atoms with Crippen molar-refractivity contribution in [2.45, 2.75) is 224 Å². The summed E-state index contributed by atoms with van der Waals surface area (Å²) in [6.07, 6.45) is 6.67. The number of aliphatic hydroxyl groups is 2. The normalized spacial score (nSPS) is 25.4. The maximum Gasteiger partial charge on any atom is 0.245 e. The van der Waals surface area contributed by atoms with Crippen LogP contribution in [0.3, 0.4) is 0 Å². The molecule has 0 aromatic heterocycles. The number of nitrogens with two attached hydrogens (primary N) is 4. The highest BCUT2D eigenvalue weighted by Gasteiger charge is 2.37. The molecule has 0 aromatic carbocycles. The Morgan fingerprint density at radius 1 is 0.506 bits per heavy atom. The summed E-state index contributed by atoms with van der Waals surface area (Å²) < 4.78 is 0. The van der Waals surface area contributed by atoms with Crippen molar-refractivity contribution in [3.8, 4) is 0 Å². The van der Waals surface area contributed by atoms with Crippen molar-refractivity contribution in [1.82, 2.24) is 53.2 Å². The van der Waals surface area contributed by atoms with Crippen LogP contribution in [-0.2, 0) is 47.9 Å². The molecule has 26 heteroatoms. The van der Waals surface area contributed by atoms with Crippen molar-refractivity contribution >= 4 is 59.1 Å². The van der Waals surface area contributed by atoms with Gasteiger partial charge in [-0.15, -0.1) is 0 Å². The molecule has 10 amide bonds. The van der Waals surface area contributed by atoms with Gasteiger partial charge in [-0.25, -0.2) is 0 Å². The van der Waals surface area contributed by atoms with E-state index in [9.17, 15) is 58.2 Å². The second-order valence-electron chi connectivity index (χ2n) is 22.0. The molecule has 0 spiro atoms. The molecule has 0 bridgehead atoms. The van der Waals surface area contributed by atoms with Crippen LogP contribution in [0, 0.1) is 17.8 Å². The molecule has 79 heavy (non-hydrogen) atoms. The highest BCUT2D eigenvalue weighted by Crippen LogP contribution is 2.22. The average Bonchev–Trinajstić information content (AvgIpc) is 3.37. The number of carbonyl (C=O) groups is 10. The van der Waals surface area contributed by atoms with E-state index >= 15 is 0 Å². The molecular formula is C53H98N14O12. The lowest BCUT2D eigenvalue weighted by atomic mass is 9.92. The van der Waals surface area contributed by atoms with E-state index in [-0.39, 0.29) is 76.5 Å². The second kappa shape index (κ2) is 37.4. The highest BCUT2D eigenvalue weighted by atomic mass is 16.3. The van der Waals surface area contributed by atoms with Crippen LogP contribution in [0.5, 0.6) is 0 Å². The van der Waals surface area contributed by atoms with Crippen molar-refractivity contribution in [3.05, 3.63) is 0 Å². The number of amides is 10. The Labute approximate surface area is 466 Å². The van der Waals surface area contributed by atoms with E-state index in [0.29, 0.717) is 12.8 Å². The first-order valence-electron chi connectivity index (χ1n) is 28.7. The lowest BCUT2D eigenvalue weighted by Gasteiger charge is -2.29. The lowest BCUT2D eigenvalue weighted by Crippen LogP contribution is -2.61. The summed E-state index contributed by atoms with van der Waals surface area (Å²) in [6.45, 7) is 8.85. The van der Waals surface area contributed by atoms with Crippen LogP contribution >= 0.6 is 0 Å². The van der Waals surface area contributed by atoms with E-state index in [1.165, 1.54) is 20.3 Å². The van der Waals surface area contributed by atoms with E-state index in [0.717, 1.165) is 51.4 Å². The molecule has 1 saturated heterocycles. The zero-order valence-electron chi connectivity index (χ0n) is 47.6. The molecule has 2 rings (SSSR count). The molecule has 0 aromatic rings. The molecule has 1 aliphatic carbocycles. The number of hydrogen-bond acceptors (Lipinski definition) is 16. The molecular weight excluding hydrogens is 1020 g/mol. The van der Waals surface area contributed by atoms with Gasteiger partial charge in [0.1, 0.15) is 54.4 Å². The molecule has 11 atom stereocenters. The number of aliphatic hydroxyl groups excluding tert-OH is 2. The second-order valence-corrected chi connectivity index (χ2v) is 22.0. The highest BCUT2D eigenvalue weighted by molar-refractivity contribution is 5.99. The van der Waals surface area contributed by atoms with Crippen molar-refractivity contribution < 1.29 is 58.2 Å². The minimum absolute atomic E-state index is 0.0694. The van der Waals surface area contributed by atoms with Crippen LogP contribution in [0.1, 0.15) is 157 Å². The largest absolute Gasteiger partial charge is 0.391 e. The van der Waals surface area contributed by atoms with Gasteiger partial charge in [0.05, 0.1) is 12.2 Å². The Balaban J connectivity index is 2.63. The predicted molar refractivity (Wildman–Crippen MR) is 296 cm³/mol. The Kier molecular flexibility index (Phi) is 32.9. The molecule has 1 saturated carbocycles. The maximum atomic E-state index is 14.4. The predicted octanol–water partition coefficient (Wildman–Crippen LogP) is -2.96. The Morgan fingerprint density at radius 2 is 0.911 bits per heavy atom. The zero-order chi connectivity index (χ0) is 59.2. The van der Waals surface area contributed by atoms with Gasteiger partial charge in [0, 0.05) is 12.5 Å². The van der Waals surface area contributed by atoms with Gasteiger partial charge >= 0.3 is 0 Å². The summed E-state index contributed by atoms with van der Waals surface area (Å²) in [6, 6.07) is -12.8. The molecule has 2 aliphatic rings. The van der Waals surface area contributed by atoms with Crippen molar-refractivity contribution in [2.75, 3.05) is 32.7 Å². The third-order valence-electron chi connectivity index (χ3n) is 14.0. The van der Waals surface area contributed by atoms with Gasteiger partial charge in [0.25, 0.3) is 0 Å². The fraction of sp³-hybridized carbons (Fsp3) is 0.811. The standard InChI is InChI=1S/C53H98N14O12/c1-30(2)28-40-50(76)61-35(18-23-54)45(71)60-38(21-26-57)49(75)67-42(32(5)68)52(78)58-27-22-39(48(74)59-36(19-24-55)47(73)64-41(29-31(3)4)51(77)65-40)62-46(72)37(20-25-56)63-53(79)43(33(6)69)66-44(70)34-16-14-12-10-8-7-9-11-13-15-17-34/h30-43,68-69H,7-29,54-57H2,1-6H3,(H,58,78)(H,59,74)(H,60,71)(H,61,76)(H,62,72)(H,63,79)(H,64,73)(H,65,77)(H,66,70)(H,67,75)/t32-,33-,35+,36+,37+,38+,39+,40+,41-,42+,43+/m1/s1. The smallest absolute Gasteiger partial charge is 0.245 e. The topological polar surface area (TPSA) is 436 Å². The van der Waals surface area contributed by atoms with E-state index in [4.69, 9.17) is 22.9 Å². The van der Waals surface area contributed by atoms with E-state index in [1.807, 2.05) is 0 Å². The first-order valence-corrected chi connectivity index (χ1v) is 28.7. The van der Waals surface area contributed by atoms with Crippen LogP contribution in [-0.4, -0.2) is 169 Å². The van der Waals surface area contributed by atoms with E-state index in [1.54, 1.807) is 27.7 Å². The molecule has 20 N–H and O–H groups in total. The summed E-state index contributed by atoms with van der Waals surface area (Å²) >= 11 is 0. The molecule has 0 unspecified atom stereocenters. The first kappa shape index (κ1) is 69.6. The van der Waals surface area contributed by atoms with Gasteiger partial charge in [0.15, 0.2) is 0 Å². The number of rotatable bonds is 20. The zero-order valence-corrected chi connectivity index (χ0v) is 47.6. The van der Waals surface area contributed by atoms with Crippen LogP contribution in [0.2, 0.25) is 0 Å². The summed E-state index contributed by atoms with van der Waals surface area (Å²) in [4.78, 5) is 140. The first-order chi connectivity index (χ1) is 37.5. The third kappa shape index (κ3) is 25.6. The van der Waals surface area contributed by atoms with Gasteiger partial charge in [-0.3, -0.25) is 47.9 Å². The van der Waals surface area contributed by atoms with Crippen molar-refractivity contribution in [2.24, 2.45) is 40.7 Å². The molecule has 2 fully saturated rings. The fourth-order valence-electron chi connectivity index (χ4n) is 9.52. The third-order valence-corrected chi connectivity index (χ3v) is 14.0. The van der Waals surface area contributed by atoms with Gasteiger partial charge in [0.2, 0.25) is 59.1 Å². The van der Waals surface area contributed by atoms with Gasteiger partial charge < -0.3 is 86.3 Å². The summed E-state index contributed by atoms with van der Waals surface area (Å²) in [5, 5.41) is 47.6. The van der Waals surface area contributed by atoms with E-state index < -0.39 is 145 Å². The summed E-state index contributed by atoms with van der Waals surface area (Å²) in [5.41, 5.74) is 23.5. The number of nitrogens with one attached hydrogen (secondary N) is 10. The van der Waals surface area contributed by atoms with Crippen LogP contribution < -0.4 is 76.1 Å². The van der Waals surface area contributed by atoms with Crippen LogP contribution in [0.4, 0.5) is 0 Å². The fourth-order valence-corrected chi connectivity index (χ4v) is 9.52. The van der Waals surface area contributed by atoms with Crippen LogP contribution in [0.15, 0.2) is 0 Å².